The second-order valence-electron chi connectivity index (χ2n) is 7.63. The minimum absolute atomic E-state index is 0.0138. The van der Waals surface area contributed by atoms with Crippen LogP contribution < -0.4 is 0 Å². The SMILES string of the molecule is O=C(CCn1nnc2ccccc21)N1CCOC[C@](O)(CN2CCCC2)C1. The number of aromatic nitrogens is 3. The van der Waals surface area contributed by atoms with Gasteiger partial charge in [-0.3, -0.25) is 4.79 Å². The maximum Gasteiger partial charge on any atom is 0.224 e. The van der Waals surface area contributed by atoms with Gasteiger partial charge >= 0.3 is 0 Å². The number of likely N-dealkylation sites (tertiary alicyclic amines) is 1. The number of amides is 1. The van der Waals surface area contributed by atoms with E-state index in [9.17, 15) is 9.90 Å². The number of β-amino-alcohol motifs (C(OH)–C–C–N with tert-alkyl or cyclic N) is 1. The zero-order valence-electron chi connectivity index (χ0n) is 15.6. The first kappa shape index (κ1) is 18.3. The van der Waals surface area contributed by atoms with Gasteiger partial charge in [0.25, 0.3) is 0 Å². The van der Waals surface area contributed by atoms with E-state index < -0.39 is 5.60 Å². The van der Waals surface area contributed by atoms with Crippen LogP contribution in [-0.2, 0) is 16.1 Å². The monoisotopic (exact) mass is 373 g/mol. The van der Waals surface area contributed by atoms with E-state index in [1.165, 1.54) is 12.8 Å². The quantitative estimate of drug-likeness (QED) is 0.822. The summed E-state index contributed by atoms with van der Waals surface area (Å²) in [5, 5.41) is 19.3. The van der Waals surface area contributed by atoms with Crippen molar-refractivity contribution >= 4 is 16.9 Å². The van der Waals surface area contributed by atoms with Gasteiger partial charge in [-0.15, -0.1) is 5.10 Å². The smallest absolute Gasteiger partial charge is 0.224 e. The molecule has 1 aromatic carbocycles. The fourth-order valence-electron chi connectivity index (χ4n) is 4.02. The first-order chi connectivity index (χ1) is 13.1. The van der Waals surface area contributed by atoms with Crippen molar-refractivity contribution in [3.05, 3.63) is 24.3 Å². The number of aryl methyl sites for hydroxylation is 1. The van der Waals surface area contributed by atoms with Gasteiger partial charge in [-0.25, -0.2) is 4.68 Å². The van der Waals surface area contributed by atoms with Crippen LogP contribution in [0.15, 0.2) is 24.3 Å². The summed E-state index contributed by atoms with van der Waals surface area (Å²) >= 11 is 0. The predicted molar refractivity (Wildman–Crippen MR) is 100 cm³/mol. The van der Waals surface area contributed by atoms with E-state index in [1.54, 1.807) is 9.58 Å². The Balaban J connectivity index is 1.38. The van der Waals surface area contributed by atoms with Gasteiger partial charge in [-0.05, 0) is 38.1 Å². The minimum atomic E-state index is -1.00. The molecule has 2 aliphatic heterocycles. The molecular weight excluding hydrogens is 346 g/mol. The molecule has 2 aliphatic rings. The van der Waals surface area contributed by atoms with Crippen molar-refractivity contribution in [1.29, 1.82) is 0 Å². The summed E-state index contributed by atoms with van der Waals surface area (Å²) in [6.45, 7) is 4.62. The number of fused-ring (bicyclic) bond motifs is 1. The summed E-state index contributed by atoms with van der Waals surface area (Å²) in [6, 6.07) is 7.72. The molecule has 3 heterocycles. The van der Waals surface area contributed by atoms with Gasteiger partial charge in [0, 0.05) is 19.5 Å². The average Bonchev–Trinajstić information content (AvgIpc) is 3.27. The summed E-state index contributed by atoms with van der Waals surface area (Å²) in [7, 11) is 0. The van der Waals surface area contributed by atoms with Gasteiger partial charge in [0.2, 0.25) is 5.91 Å². The lowest BCUT2D eigenvalue weighted by Gasteiger charge is -2.34. The van der Waals surface area contributed by atoms with E-state index in [0.717, 1.165) is 24.1 Å². The summed E-state index contributed by atoms with van der Waals surface area (Å²) in [5.41, 5.74) is 0.749. The predicted octanol–water partition coefficient (Wildman–Crippen LogP) is 0.507. The Labute approximate surface area is 158 Å². The van der Waals surface area contributed by atoms with Crippen molar-refractivity contribution in [2.24, 2.45) is 0 Å². The highest BCUT2D eigenvalue weighted by atomic mass is 16.5. The molecule has 0 saturated carbocycles. The van der Waals surface area contributed by atoms with Crippen LogP contribution in [0.4, 0.5) is 0 Å². The number of rotatable bonds is 5. The molecule has 1 N–H and O–H groups in total. The molecule has 146 valence electrons. The maximum absolute atomic E-state index is 12.8. The van der Waals surface area contributed by atoms with Crippen molar-refractivity contribution < 1.29 is 14.6 Å². The number of ether oxygens (including phenoxy) is 1. The first-order valence-electron chi connectivity index (χ1n) is 9.71. The van der Waals surface area contributed by atoms with Gasteiger partial charge in [0.15, 0.2) is 0 Å². The second-order valence-corrected chi connectivity index (χ2v) is 7.63. The summed E-state index contributed by atoms with van der Waals surface area (Å²) < 4.78 is 7.37. The van der Waals surface area contributed by atoms with Gasteiger partial charge in [0.1, 0.15) is 11.1 Å². The summed E-state index contributed by atoms with van der Waals surface area (Å²) in [5.74, 6) is 0.0138. The molecule has 1 atom stereocenters. The number of hydrogen-bond acceptors (Lipinski definition) is 6. The van der Waals surface area contributed by atoms with Crippen molar-refractivity contribution in [3.8, 4) is 0 Å². The standard InChI is InChI=1S/C19H27N5O3/c25-18(7-10-24-17-6-2-1-5-16(17)20-21-24)23-11-12-27-15-19(26,14-23)13-22-8-3-4-9-22/h1-2,5-6,26H,3-4,7-15H2/t19-/m0/s1. The van der Waals surface area contributed by atoms with Crippen molar-refractivity contribution in [1.82, 2.24) is 24.8 Å². The molecule has 27 heavy (non-hydrogen) atoms. The number of para-hydroxylation sites is 1. The van der Waals surface area contributed by atoms with E-state index in [4.69, 9.17) is 4.74 Å². The van der Waals surface area contributed by atoms with Crippen LogP contribution in [0.25, 0.3) is 11.0 Å². The Morgan fingerprint density at radius 2 is 2.04 bits per heavy atom. The molecule has 4 rings (SSSR count). The lowest BCUT2D eigenvalue weighted by atomic mass is 10.0. The molecule has 2 fully saturated rings. The Bertz CT molecular complexity index is 788. The van der Waals surface area contributed by atoms with E-state index >= 15 is 0 Å². The highest BCUT2D eigenvalue weighted by molar-refractivity contribution is 5.77. The average molecular weight is 373 g/mol. The van der Waals surface area contributed by atoms with E-state index in [2.05, 4.69) is 15.2 Å². The highest BCUT2D eigenvalue weighted by Gasteiger charge is 2.36. The van der Waals surface area contributed by atoms with Crippen LogP contribution in [0.2, 0.25) is 0 Å². The lowest BCUT2D eigenvalue weighted by molar-refractivity contribution is -0.134. The maximum atomic E-state index is 12.8. The molecule has 1 amide bonds. The third kappa shape index (κ3) is 4.28. The third-order valence-electron chi connectivity index (χ3n) is 5.39. The van der Waals surface area contributed by atoms with Crippen LogP contribution in [-0.4, -0.2) is 87.3 Å². The zero-order valence-corrected chi connectivity index (χ0v) is 15.6. The number of carbonyl (C=O) groups excluding carboxylic acids is 1. The number of carbonyl (C=O) groups is 1. The Kier molecular flexibility index (Phi) is 5.38. The topological polar surface area (TPSA) is 83.7 Å². The first-order valence-corrected chi connectivity index (χ1v) is 9.71. The fourth-order valence-corrected chi connectivity index (χ4v) is 4.02. The lowest BCUT2D eigenvalue weighted by Crippen LogP contribution is -2.53. The van der Waals surface area contributed by atoms with Gasteiger partial charge in [-0.2, -0.15) is 0 Å². The van der Waals surface area contributed by atoms with Crippen LogP contribution in [0.1, 0.15) is 19.3 Å². The zero-order chi connectivity index (χ0) is 18.7. The number of aliphatic hydroxyl groups is 1. The van der Waals surface area contributed by atoms with Crippen molar-refractivity contribution in [2.75, 3.05) is 45.9 Å². The molecule has 0 aliphatic carbocycles. The molecule has 2 aromatic rings. The Morgan fingerprint density at radius 1 is 1.22 bits per heavy atom. The Hall–Kier alpha value is -2.03. The van der Waals surface area contributed by atoms with Crippen LogP contribution in [0.5, 0.6) is 0 Å². The highest BCUT2D eigenvalue weighted by Crippen LogP contribution is 2.19. The van der Waals surface area contributed by atoms with Crippen molar-refractivity contribution in [2.45, 2.75) is 31.4 Å². The molecule has 8 heteroatoms. The van der Waals surface area contributed by atoms with E-state index in [-0.39, 0.29) is 12.5 Å². The Morgan fingerprint density at radius 3 is 2.89 bits per heavy atom. The molecule has 0 radical (unpaired) electrons. The molecule has 1 aromatic heterocycles. The summed E-state index contributed by atoms with van der Waals surface area (Å²) in [4.78, 5) is 16.8. The fraction of sp³-hybridized carbons (Fsp3) is 0.632. The van der Waals surface area contributed by atoms with Crippen LogP contribution in [0, 0.1) is 0 Å². The van der Waals surface area contributed by atoms with Gasteiger partial charge in [0.05, 0.1) is 31.8 Å². The van der Waals surface area contributed by atoms with Gasteiger partial charge in [-0.1, -0.05) is 17.3 Å². The number of hydrogen-bond donors (Lipinski definition) is 1. The molecule has 8 nitrogen and oxygen atoms in total. The molecule has 0 spiro atoms. The van der Waals surface area contributed by atoms with Crippen LogP contribution in [0.3, 0.4) is 0 Å². The van der Waals surface area contributed by atoms with E-state index in [1.807, 2.05) is 24.3 Å². The molecule has 0 unspecified atom stereocenters. The van der Waals surface area contributed by atoms with Crippen LogP contribution >= 0.6 is 0 Å². The number of benzene rings is 1. The normalized spacial score (nSPS) is 24.4. The largest absolute Gasteiger partial charge is 0.384 e. The third-order valence-corrected chi connectivity index (χ3v) is 5.39. The molecular formula is C19H27N5O3. The van der Waals surface area contributed by atoms with Gasteiger partial charge < -0.3 is 19.6 Å². The second kappa shape index (κ2) is 7.92. The number of nitrogens with zero attached hydrogens (tertiary/aromatic N) is 5. The van der Waals surface area contributed by atoms with E-state index in [0.29, 0.717) is 39.2 Å². The minimum Gasteiger partial charge on any atom is -0.384 e. The van der Waals surface area contributed by atoms with Crippen molar-refractivity contribution in [3.63, 3.8) is 0 Å². The molecule has 2 saturated heterocycles. The molecule has 0 bridgehead atoms. The summed E-state index contributed by atoms with van der Waals surface area (Å²) in [6.07, 6.45) is 2.67.